The summed E-state index contributed by atoms with van der Waals surface area (Å²) in [5, 5.41) is 3.55. The topological polar surface area (TPSA) is 38.0 Å². The van der Waals surface area contributed by atoms with Crippen molar-refractivity contribution in [3.05, 3.63) is 65.7 Å². The molecule has 96 valence electrons. The summed E-state index contributed by atoms with van der Waals surface area (Å²) in [6.45, 7) is 0. The van der Waals surface area contributed by atoms with E-state index in [9.17, 15) is 0 Å². The van der Waals surface area contributed by atoms with Gasteiger partial charge in [-0.2, -0.15) is 0 Å². The van der Waals surface area contributed by atoms with E-state index in [0.29, 0.717) is 16.9 Å². The van der Waals surface area contributed by atoms with Crippen molar-refractivity contribution in [1.82, 2.24) is 0 Å². The first kappa shape index (κ1) is 12.2. The highest BCUT2D eigenvalue weighted by Crippen LogP contribution is 2.43. The molecule has 2 aromatic rings. The molecule has 1 aliphatic carbocycles. The van der Waals surface area contributed by atoms with Crippen LogP contribution in [0, 0.1) is 0 Å². The summed E-state index contributed by atoms with van der Waals surface area (Å²) < 4.78 is 0. The van der Waals surface area contributed by atoms with Crippen molar-refractivity contribution in [1.29, 1.82) is 0 Å². The van der Waals surface area contributed by atoms with Crippen molar-refractivity contribution in [2.75, 3.05) is 5.32 Å². The summed E-state index contributed by atoms with van der Waals surface area (Å²) in [6.07, 6.45) is 1.16. The summed E-state index contributed by atoms with van der Waals surface area (Å²) in [4.78, 5) is 0.444. The van der Waals surface area contributed by atoms with Gasteiger partial charge >= 0.3 is 0 Å². The molecule has 1 fully saturated rings. The third-order valence-corrected chi connectivity index (χ3v) is 3.77. The molecule has 2 atom stereocenters. The van der Waals surface area contributed by atoms with Crippen LogP contribution in [0.15, 0.2) is 54.6 Å². The lowest BCUT2D eigenvalue weighted by Crippen LogP contribution is -2.14. The first-order valence-corrected chi connectivity index (χ1v) is 6.87. The largest absolute Gasteiger partial charge is 0.389 e. The molecule has 2 unspecified atom stereocenters. The van der Waals surface area contributed by atoms with E-state index in [0.717, 1.165) is 17.7 Å². The van der Waals surface area contributed by atoms with Crippen molar-refractivity contribution < 1.29 is 0 Å². The van der Waals surface area contributed by atoms with Gasteiger partial charge in [0, 0.05) is 23.2 Å². The molecule has 2 aromatic carbocycles. The lowest BCUT2D eigenvalue weighted by Gasteiger charge is -2.10. The molecule has 3 rings (SSSR count). The maximum atomic E-state index is 5.75. The van der Waals surface area contributed by atoms with Gasteiger partial charge in [0.15, 0.2) is 0 Å². The molecule has 0 amide bonds. The van der Waals surface area contributed by atoms with Crippen molar-refractivity contribution in [3.8, 4) is 0 Å². The van der Waals surface area contributed by atoms with Crippen molar-refractivity contribution >= 4 is 22.9 Å². The van der Waals surface area contributed by atoms with E-state index < -0.39 is 0 Å². The fourth-order valence-electron chi connectivity index (χ4n) is 2.45. The standard InChI is InChI=1S/C16H16N2S/c17-16(19)12-8-4-5-9-14(12)18-15-10-13(15)11-6-2-1-3-7-11/h1-9,13,15,18H,10H2,(H2,17,19). The van der Waals surface area contributed by atoms with E-state index in [2.05, 4.69) is 35.6 Å². The number of hydrogen-bond donors (Lipinski definition) is 2. The van der Waals surface area contributed by atoms with Crippen LogP contribution in [0.3, 0.4) is 0 Å². The minimum absolute atomic E-state index is 0.444. The molecule has 0 spiro atoms. The van der Waals surface area contributed by atoms with Crippen molar-refractivity contribution in [3.63, 3.8) is 0 Å². The molecule has 0 aromatic heterocycles. The Morgan fingerprint density at radius 1 is 1.05 bits per heavy atom. The number of hydrogen-bond acceptors (Lipinski definition) is 2. The predicted molar refractivity (Wildman–Crippen MR) is 83.5 cm³/mol. The van der Waals surface area contributed by atoms with Gasteiger partial charge in [0.25, 0.3) is 0 Å². The highest BCUT2D eigenvalue weighted by Gasteiger charge is 2.38. The van der Waals surface area contributed by atoms with E-state index in [-0.39, 0.29) is 0 Å². The van der Waals surface area contributed by atoms with Gasteiger partial charge in [-0.3, -0.25) is 0 Å². The summed E-state index contributed by atoms with van der Waals surface area (Å²) in [7, 11) is 0. The van der Waals surface area contributed by atoms with Crippen LogP contribution in [0.5, 0.6) is 0 Å². The Hall–Kier alpha value is -1.87. The first-order valence-electron chi connectivity index (χ1n) is 6.46. The monoisotopic (exact) mass is 268 g/mol. The third-order valence-electron chi connectivity index (χ3n) is 3.55. The van der Waals surface area contributed by atoms with Crippen LogP contribution in [-0.2, 0) is 0 Å². The summed E-state index contributed by atoms with van der Waals surface area (Å²) >= 11 is 5.08. The quantitative estimate of drug-likeness (QED) is 0.836. The maximum absolute atomic E-state index is 5.75. The molecule has 1 saturated carbocycles. The smallest absolute Gasteiger partial charge is 0.106 e. The molecule has 3 N–H and O–H groups in total. The molecular formula is C16H16N2S. The molecule has 1 aliphatic rings. The molecular weight excluding hydrogens is 252 g/mol. The average Bonchev–Trinajstić information content (AvgIpc) is 3.19. The Kier molecular flexibility index (Phi) is 3.22. The Morgan fingerprint density at radius 3 is 2.47 bits per heavy atom. The molecule has 0 bridgehead atoms. The highest BCUT2D eigenvalue weighted by atomic mass is 32.1. The number of nitrogens with two attached hydrogens (primary N) is 1. The number of para-hydroxylation sites is 1. The van der Waals surface area contributed by atoms with E-state index in [1.165, 1.54) is 5.56 Å². The van der Waals surface area contributed by atoms with Crippen LogP contribution < -0.4 is 11.1 Å². The number of benzene rings is 2. The maximum Gasteiger partial charge on any atom is 0.106 e. The highest BCUT2D eigenvalue weighted by molar-refractivity contribution is 7.80. The van der Waals surface area contributed by atoms with Crippen molar-refractivity contribution in [2.24, 2.45) is 5.73 Å². The molecule has 19 heavy (non-hydrogen) atoms. The number of anilines is 1. The second kappa shape index (κ2) is 5.02. The normalized spacial score (nSPS) is 20.8. The third kappa shape index (κ3) is 2.61. The second-order valence-electron chi connectivity index (χ2n) is 4.91. The number of nitrogens with one attached hydrogen (secondary N) is 1. The lowest BCUT2D eigenvalue weighted by molar-refractivity contribution is 1.04. The lowest BCUT2D eigenvalue weighted by atomic mass is 10.1. The van der Waals surface area contributed by atoms with Gasteiger partial charge in [-0.05, 0) is 24.1 Å². The zero-order chi connectivity index (χ0) is 13.2. The Labute approximate surface area is 118 Å². The Morgan fingerprint density at radius 2 is 1.74 bits per heavy atom. The molecule has 2 nitrogen and oxygen atoms in total. The number of thiocarbonyl (C=S) groups is 1. The minimum Gasteiger partial charge on any atom is -0.389 e. The number of rotatable bonds is 4. The molecule has 0 radical (unpaired) electrons. The first-order chi connectivity index (χ1) is 9.25. The molecule has 0 saturated heterocycles. The SMILES string of the molecule is NC(=S)c1ccccc1NC1CC1c1ccccc1. The van der Waals surface area contributed by atoms with E-state index in [4.69, 9.17) is 18.0 Å². The van der Waals surface area contributed by atoms with Crippen LogP contribution in [0.25, 0.3) is 0 Å². The fraction of sp³-hybridized carbons (Fsp3) is 0.188. The fourth-order valence-corrected chi connectivity index (χ4v) is 2.62. The van der Waals surface area contributed by atoms with Gasteiger partial charge in [-0.25, -0.2) is 0 Å². The predicted octanol–water partition coefficient (Wildman–Crippen LogP) is 3.29. The van der Waals surface area contributed by atoms with Gasteiger partial charge in [-0.15, -0.1) is 0 Å². The second-order valence-corrected chi connectivity index (χ2v) is 5.35. The molecule has 0 heterocycles. The summed E-state index contributed by atoms with van der Waals surface area (Å²) in [5.74, 6) is 0.598. The summed E-state index contributed by atoms with van der Waals surface area (Å²) in [5.41, 5.74) is 9.11. The van der Waals surface area contributed by atoms with Gasteiger partial charge in [0.1, 0.15) is 4.99 Å². The zero-order valence-electron chi connectivity index (χ0n) is 10.5. The Bertz CT molecular complexity index is 595. The van der Waals surface area contributed by atoms with E-state index >= 15 is 0 Å². The van der Waals surface area contributed by atoms with Gasteiger partial charge in [0.05, 0.1) is 0 Å². The molecule has 0 aliphatic heterocycles. The van der Waals surface area contributed by atoms with Gasteiger partial charge in [-0.1, -0.05) is 54.7 Å². The van der Waals surface area contributed by atoms with E-state index in [1.807, 2.05) is 24.3 Å². The zero-order valence-corrected chi connectivity index (χ0v) is 11.4. The van der Waals surface area contributed by atoms with Crippen LogP contribution >= 0.6 is 12.2 Å². The minimum atomic E-state index is 0.444. The van der Waals surface area contributed by atoms with Crippen LogP contribution in [0.2, 0.25) is 0 Å². The van der Waals surface area contributed by atoms with Crippen molar-refractivity contribution in [2.45, 2.75) is 18.4 Å². The summed E-state index contributed by atoms with van der Waals surface area (Å²) in [6, 6.07) is 19.1. The average molecular weight is 268 g/mol. The van der Waals surface area contributed by atoms with Crippen LogP contribution in [0.1, 0.15) is 23.5 Å². The van der Waals surface area contributed by atoms with Crippen LogP contribution in [0.4, 0.5) is 5.69 Å². The van der Waals surface area contributed by atoms with E-state index in [1.54, 1.807) is 0 Å². The van der Waals surface area contributed by atoms with Gasteiger partial charge < -0.3 is 11.1 Å². The van der Waals surface area contributed by atoms with Crippen LogP contribution in [-0.4, -0.2) is 11.0 Å². The Balaban J connectivity index is 1.73. The molecule has 3 heteroatoms. The van der Waals surface area contributed by atoms with Gasteiger partial charge in [0.2, 0.25) is 0 Å².